The third kappa shape index (κ3) is 2.09. The molecule has 0 saturated heterocycles. The van der Waals surface area contributed by atoms with Gasteiger partial charge in [-0.3, -0.25) is 4.68 Å². The van der Waals surface area contributed by atoms with Crippen molar-refractivity contribution in [3.63, 3.8) is 0 Å². The lowest BCUT2D eigenvalue weighted by molar-refractivity contribution is 0.477. The number of nitriles is 1. The van der Waals surface area contributed by atoms with E-state index in [0.29, 0.717) is 18.4 Å². The number of hydrogen-bond acceptors (Lipinski definition) is 2. The van der Waals surface area contributed by atoms with Crippen LogP contribution in [0.15, 0.2) is 0 Å². The van der Waals surface area contributed by atoms with Gasteiger partial charge in [0, 0.05) is 29.6 Å². The van der Waals surface area contributed by atoms with E-state index in [1.807, 2.05) is 0 Å². The molecule has 17 heavy (non-hydrogen) atoms. The Bertz CT molecular complexity index is 437. The fourth-order valence-electron chi connectivity index (χ4n) is 2.92. The Morgan fingerprint density at radius 3 is 2.88 bits per heavy atom. The summed E-state index contributed by atoms with van der Waals surface area (Å²) < 4.78 is 2.18. The van der Waals surface area contributed by atoms with Gasteiger partial charge in [-0.05, 0) is 39.5 Å². The number of fused-ring (bicyclic) bond motifs is 1. The summed E-state index contributed by atoms with van der Waals surface area (Å²) in [6.07, 6.45) is 5.09. The van der Waals surface area contributed by atoms with Crippen LogP contribution in [0.25, 0.3) is 0 Å². The highest BCUT2D eigenvalue weighted by Gasteiger charge is 2.28. The number of aryl methyl sites for hydroxylation is 1. The van der Waals surface area contributed by atoms with Crippen molar-refractivity contribution in [2.75, 3.05) is 0 Å². The van der Waals surface area contributed by atoms with Gasteiger partial charge < -0.3 is 0 Å². The van der Waals surface area contributed by atoms with Crippen molar-refractivity contribution in [1.29, 1.82) is 5.26 Å². The first kappa shape index (κ1) is 12.2. The average molecular weight is 231 g/mol. The van der Waals surface area contributed by atoms with Crippen molar-refractivity contribution < 1.29 is 0 Å². The van der Waals surface area contributed by atoms with Crippen LogP contribution in [0.4, 0.5) is 0 Å². The Balaban J connectivity index is 2.48. The van der Waals surface area contributed by atoms with E-state index in [-0.39, 0.29) is 0 Å². The standard InChI is InChI=1S/C14H21N3/c1-4-12-14-11(8-9-15)6-5-7-13(14)17(16-12)10(2)3/h10-11H,4-8H2,1-3H3. The number of hydrogen-bond donors (Lipinski definition) is 0. The van der Waals surface area contributed by atoms with Crippen LogP contribution in [0.5, 0.6) is 0 Å². The van der Waals surface area contributed by atoms with Crippen molar-refractivity contribution in [2.45, 2.75) is 64.8 Å². The fourth-order valence-corrected chi connectivity index (χ4v) is 2.92. The maximum Gasteiger partial charge on any atom is 0.0660 e. The minimum absolute atomic E-state index is 0.421. The van der Waals surface area contributed by atoms with Gasteiger partial charge in [-0.2, -0.15) is 10.4 Å². The second-order valence-corrected chi connectivity index (χ2v) is 5.15. The summed E-state index contributed by atoms with van der Waals surface area (Å²) in [5, 5.41) is 13.7. The number of aromatic nitrogens is 2. The zero-order valence-electron chi connectivity index (χ0n) is 11.0. The van der Waals surface area contributed by atoms with Crippen molar-refractivity contribution in [1.82, 2.24) is 9.78 Å². The Kier molecular flexibility index (Phi) is 3.51. The van der Waals surface area contributed by atoms with Crippen LogP contribution in [-0.2, 0) is 12.8 Å². The van der Waals surface area contributed by atoms with E-state index < -0.39 is 0 Å². The average Bonchev–Trinajstić information content (AvgIpc) is 2.69. The van der Waals surface area contributed by atoms with Gasteiger partial charge in [-0.1, -0.05) is 6.92 Å². The van der Waals surface area contributed by atoms with E-state index in [1.54, 1.807) is 0 Å². The lowest BCUT2D eigenvalue weighted by Crippen LogP contribution is -2.14. The molecule has 3 nitrogen and oxygen atoms in total. The van der Waals surface area contributed by atoms with Gasteiger partial charge in [-0.15, -0.1) is 0 Å². The molecule has 0 spiro atoms. The predicted octanol–water partition coefficient (Wildman–Crippen LogP) is 3.36. The minimum atomic E-state index is 0.421. The molecular formula is C14H21N3. The Morgan fingerprint density at radius 1 is 1.53 bits per heavy atom. The van der Waals surface area contributed by atoms with Crippen molar-refractivity contribution in [2.24, 2.45) is 0 Å². The van der Waals surface area contributed by atoms with Gasteiger partial charge in [0.15, 0.2) is 0 Å². The molecule has 0 bridgehead atoms. The van der Waals surface area contributed by atoms with Crippen LogP contribution >= 0.6 is 0 Å². The molecule has 0 aliphatic heterocycles. The summed E-state index contributed by atoms with van der Waals surface area (Å²) in [6, 6.07) is 2.75. The second kappa shape index (κ2) is 4.91. The lowest BCUT2D eigenvalue weighted by atomic mass is 9.83. The summed E-state index contributed by atoms with van der Waals surface area (Å²) >= 11 is 0. The van der Waals surface area contributed by atoms with Crippen LogP contribution in [-0.4, -0.2) is 9.78 Å². The van der Waals surface area contributed by atoms with Gasteiger partial charge in [0.2, 0.25) is 0 Å². The molecule has 0 fully saturated rings. The van der Waals surface area contributed by atoms with E-state index >= 15 is 0 Å². The SMILES string of the molecule is CCc1nn(C(C)C)c2c1C(CC#N)CCC2. The van der Waals surface area contributed by atoms with E-state index in [4.69, 9.17) is 10.4 Å². The first-order chi connectivity index (χ1) is 8.19. The molecule has 1 aromatic rings. The van der Waals surface area contributed by atoms with Gasteiger partial charge >= 0.3 is 0 Å². The van der Waals surface area contributed by atoms with Gasteiger partial charge in [0.25, 0.3) is 0 Å². The maximum absolute atomic E-state index is 8.95. The first-order valence-corrected chi connectivity index (χ1v) is 6.66. The van der Waals surface area contributed by atoms with E-state index in [0.717, 1.165) is 19.3 Å². The largest absolute Gasteiger partial charge is 0.267 e. The summed E-state index contributed by atoms with van der Waals surface area (Å²) in [5.74, 6) is 0.422. The lowest BCUT2D eigenvalue weighted by Gasteiger charge is -2.22. The third-order valence-electron chi connectivity index (χ3n) is 3.66. The molecule has 0 radical (unpaired) electrons. The highest BCUT2D eigenvalue weighted by atomic mass is 15.3. The third-order valence-corrected chi connectivity index (χ3v) is 3.66. The normalized spacial score (nSPS) is 19.1. The summed E-state index contributed by atoms with van der Waals surface area (Å²) in [5.41, 5.74) is 4.01. The number of nitrogens with zero attached hydrogens (tertiary/aromatic N) is 3. The van der Waals surface area contributed by atoms with E-state index in [9.17, 15) is 0 Å². The Morgan fingerprint density at radius 2 is 2.29 bits per heavy atom. The molecule has 2 rings (SSSR count). The summed E-state index contributed by atoms with van der Waals surface area (Å²) in [7, 11) is 0. The molecule has 1 unspecified atom stereocenters. The van der Waals surface area contributed by atoms with Crippen molar-refractivity contribution >= 4 is 0 Å². The molecule has 1 heterocycles. The monoisotopic (exact) mass is 231 g/mol. The quantitative estimate of drug-likeness (QED) is 0.800. The Hall–Kier alpha value is -1.30. The molecule has 0 aromatic carbocycles. The van der Waals surface area contributed by atoms with Crippen LogP contribution in [0.2, 0.25) is 0 Å². The molecule has 1 aliphatic rings. The van der Waals surface area contributed by atoms with E-state index in [1.165, 1.54) is 23.4 Å². The van der Waals surface area contributed by atoms with Crippen LogP contribution in [0, 0.1) is 11.3 Å². The molecule has 0 amide bonds. The molecule has 1 atom stereocenters. The topological polar surface area (TPSA) is 41.6 Å². The molecule has 1 aromatic heterocycles. The summed E-state index contributed by atoms with van der Waals surface area (Å²) in [4.78, 5) is 0. The Labute approximate surface area is 103 Å². The molecule has 0 N–H and O–H groups in total. The molecule has 3 heteroatoms. The minimum Gasteiger partial charge on any atom is -0.267 e. The second-order valence-electron chi connectivity index (χ2n) is 5.15. The van der Waals surface area contributed by atoms with Crippen LogP contribution in [0.3, 0.4) is 0 Å². The molecule has 92 valence electrons. The van der Waals surface area contributed by atoms with Crippen molar-refractivity contribution in [3.8, 4) is 6.07 Å². The van der Waals surface area contributed by atoms with E-state index in [2.05, 4.69) is 31.5 Å². The first-order valence-electron chi connectivity index (χ1n) is 6.66. The van der Waals surface area contributed by atoms with Crippen LogP contribution < -0.4 is 0 Å². The highest BCUT2D eigenvalue weighted by Crippen LogP contribution is 2.37. The maximum atomic E-state index is 8.95. The predicted molar refractivity (Wildman–Crippen MR) is 67.9 cm³/mol. The van der Waals surface area contributed by atoms with Gasteiger partial charge in [0.1, 0.15) is 0 Å². The molecule has 0 saturated carbocycles. The zero-order valence-corrected chi connectivity index (χ0v) is 11.0. The van der Waals surface area contributed by atoms with Crippen LogP contribution in [0.1, 0.15) is 68.9 Å². The molecular weight excluding hydrogens is 210 g/mol. The summed E-state index contributed by atoms with van der Waals surface area (Å²) in [6.45, 7) is 6.52. The molecule has 1 aliphatic carbocycles. The number of rotatable bonds is 3. The van der Waals surface area contributed by atoms with Crippen molar-refractivity contribution in [3.05, 3.63) is 17.0 Å². The van der Waals surface area contributed by atoms with Gasteiger partial charge in [0.05, 0.1) is 11.8 Å². The fraction of sp³-hybridized carbons (Fsp3) is 0.714. The smallest absolute Gasteiger partial charge is 0.0660 e. The zero-order chi connectivity index (χ0) is 12.4. The van der Waals surface area contributed by atoms with Gasteiger partial charge in [-0.25, -0.2) is 0 Å². The highest BCUT2D eigenvalue weighted by molar-refractivity contribution is 5.33.